The van der Waals surface area contributed by atoms with Crippen LogP contribution in [0.2, 0.25) is 0 Å². The van der Waals surface area contributed by atoms with Gasteiger partial charge in [0.25, 0.3) is 0 Å². The lowest BCUT2D eigenvalue weighted by Gasteiger charge is -2.04. The van der Waals surface area contributed by atoms with Gasteiger partial charge in [0.1, 0.15) is 5.75 Å². The fourth-order valence-electron chi connectivity index (χ4n) is 1.44. The van der Waals surface area contributed by atoms with Crippen molar-refractivity contribution in [1.82, 2.24) is 0 Å². The zero-order valence-electron chi connectivity index (χ0n) is 10.5. The molecule has 16 heavy (non-hydrogen) atoms. The van der Waals surface area contributed by atoms with Gasteiger partial charge in [0.05, 0.1) is 0 Å². The molecule has 0 saturated carbocycles. The molecule has 0 aliphatic carbocycles. The second-order valence-electron chi connectivity index (χ2n) is 4.41. The van der Waals surface area contributed by atoms with Gasteiger partial charge in [-0.25, -0.2) is 0 Å². The highest BCUT2D eigenvalue weighted by Crippen LogP contribution is 2.22. The van der Waals surface area contributed by atoms with Crippen LogP contribution in [0.5, 0.6) is 5.75 Å². The predicted octanol–water partition coefficient (Wildman–Crippen LogP) is 4.46. The fraction of sp³-hybridized carbons (Fsp3) is 0.333. The molecule has 0 atom stereocenters. The van der Waals surface area contributed by atoms with Crippen molar-refractivity contribution >= 4 is 5.57 Å². The maximum absolute atomic E-state index is 9.62. The number of aromatic hydroxyl groups is 1. The summed E-state index contributed by atoms with van der Waals surface area (Å²) >= 11 is 0. The van der Waals surface area contributed by atoms with Crippen LogP contribution in [0.1, 0.15) is 38.3 Å². The number of hydrogen-bond acceptors (Lipinski definition) is 1. The lowest BCUT2D eigenvalue weighted by molar-refractivity contribution is 0.471. The Morgan fingerprint density at radius 2 is 1.88 bits per heavy atom. The molecule has 0 aromatic heterocycles. The number of allylic oxidation sites excluding steroid dienone is 4. The monoisotopic (exact) mass is 216 g/mol. The van der Waals surface area contributed by atoms with Gasteiger partial charge in [-0.1, -0.05) is 29.9 Å². The first-order chi connectivity index (χ1) is 7.50. The molecule has 1 aromatic carbocycles. The molecule has 0 fully saturated rings. The van der Waals surface area contributed by atoms with Gasteiger partial charge in [0.2, 0.25) is 0 Å². The van der Waals surface area contributed by atoms with Gasteiger partial charge in [0, 0.05) is 0 Å². The second kappa shape index (κ2) is 5.55. The topological polar surface area (TPSA) is 20.2 Å². The molecule has 0 bridgehead atoms. The standard InChI is InChI=1S/C15H20O/c1-11(2)6-5-7-12(3)14-9-8-13(4)15(16)10-14/h6-10,16H,5H2,1-4H3/b12-7-. The highest BCUT2D eigenvalue weighted by molar-refractivity contribution is 5.65. The van der Waals surface area contributed by atoms with Crippen LogP contribution >= 0.6 is 0 Å². The Morgan fingerprint density at radius 3 is 2.44 bits per heavy atom. The summed E-state index contributed by atoms with van der Waals surface area (Å²) in [7, 11) is 0. The van der Waals surface area contributed by atoms with Gasteiger partial charge in [0.15, 0.2) is 0 Å². The van der Waals surface area contributed by atoms with Crippen molar-refractivity contribution in [2.75, 3.05) is 0 Å². The van der Waals surface area contributed by atoms with Crippen LogP contribution in [0.4, 0.5) is 0 Å². The van der Waals surface area contributed by atoms with E-state index in [0.717, 1.165) is 17.5 Å². The number of phenolic OH excluding ortho intramolecular Hbond substituents is 1. The van der Waals surface area contributed by atoms with Gasteiger partial charge in [-0.15, -0.1) is 0 Å². The quantitative estimate of drug-likeness (QED) is 0.739. The van der Waals surface area contributed by atoms with E-state index >= 15 is 0 Å². The first-order valence-electron chi connectivity index (χ1n) is 5.61. The van der Waals surface area contributed by atoms with E-state index < -0.39 is 0 Å². The summed E-state index contributed by atoms with van der Waals surface area (Å²) in [6, 6.07) is 5.82. The molecule has 0 aliphatic rings. The van der Waals surface area contributed by atoms with E-state index in [1.807, 2.05) is 25.1 Å². The van der Waals surface area contributed by atoms with Gasteiger partial charge in [-0.05, 0) is 56.9 Å². The Balaban J connectivity index is 2.84. The number of hydrogen-bond donors (Lipinski definition) is 1. The zero-order valence-corrected chi connectivity index (χ0v) is 10.5. The van der Waals surface area contributed by atoms with Crippen LogP contribution in [0.3, 0.4) is 0 Å². The van der Waals surface area contributed by atoms with Crippen molar-refractivity contribution in [3.05, 3.63) is 47.1 Å². The molecule has 0 spiro atoms. The largest absolute Gasteiger partial charge is 0.508 e. The van der Waals surface area contributed by atoms with Crippen LogP contribution in [-0.4, -0.2) is 5.11 Å². The molecule has 1 nitrogen and oxygen atoms in total. The normalized spacial score (nSPS) is 11.4. The first kappa shape index (κ1) is 12.6. The van der Waals surface area contributed by atoms with E-state index in [0.29, 0.717) is 5.75 Å². The van der Waals surface area contributed by atoms with Gasteiger partial charge in [-0.2, -0.15) is 0 Å². The number of rotatable bonds is 3. The van der Waals surface area contributed by atoms with Crippen LogP contribution in [-0.2, 0) is 0 Å². The summed E-state index contributed by atoms with van der Waals surface area (Å²) in [6.07, 6.45) is 5.32. The Bertz CT molecular complexity index is 421. The fourth-order valence-corrected chi connectivity index (χ4v) is 1.44. The molecular weight excluding hydrogens is 196 g/mol. The summed E-state index contributed by atoms with van der Waals surface area (Å²) in [5.74, 6) is 0.368. The van der Waals surface area contributed by atoms with Crippen molar-refractivity contribution in [3.63, 3.8) is 0 Å². The highest BCUT2D eigenvalue weighted by Gasteiger charge is 1.99. The Morgan fingerprint density at radius 1 is 1.19 bits per heavy atom. The van der Waals surface area contributed by atoms with E-state index in [4.69, 9.17) is 0 Å². The second-order valence-corrected chi connectivity index (χ2v) is 4.41. The van der Waals surface area contributed by atoms with E-state index in [1.54, 1.807) is 0 Å². The van der Waals surface area contributed by atoms with Crippen LogP contribution in [0.15, 0.2) is 35.9 Å². The maximum Gasteiger partial charge on any atom is 0.119 e. The number of benzene rings is 1. The van der Waals surface area contributed by atoms with Gasteiger partial charge < -0.3 is 5.11 Å². The van der Waals surface area contributed by atoms with Crippen molar-refractivity contribution in [1.29, 1.82) is 0 Å². The molecule has 1 heteroatoms. The predicted molar refractivity (Wildman–Crippen MR) is 70.5 cm³/mol. The van der Waals surface area contributed by atoms with Gasteiger partial charge in [-0.3, -0.25) is 0 Å². The Hall–Kier alpha value is -1.50. The molecule has 0 unspecified atom stereocenters. The summed E-state index contributed by atoms with van der Waals surface area (Å²) in [5, 5.41) is 9.62. The van der Waals surface area contributed by atoms with E-state index in [-0.39, 0.29) is 0 Å². The number of aryl methyl sites for hydroxylation is 1. The molecule has 1 N–H and O–H groups in total. The molecule has 0 heterocycles. The third kappa shape index (κ3) is 3.58. The van der Waals surface area contributed by atoms with Gasteiger partial charge >= 0.3 is 0 Å². The summed E-state index contributed by atoms with van der Waals surface area (Å²) < 4.78 is 0. The zero-order chi connectivity index (χ0) is 12.1. The SMILES string of the molecule is CC(C)=CC/C=C(/C)c1ccc(C)c(O)c1. The van der Waals surface area contributed by atoms with Crippen LogP contribution in [0, 0.1) is 6.92 Å². The minimum atomic E-state index is 0.368. The third-order valence-electron chi connectivity index (χ3n) is 2.61. The first-order valence-corrected chi connectivity index (χ1v) is 5.61. The molecule has 0 aliphatic heterocycles. The minimum Gasteiger partial charge on any atom is -0.508 e. The van der Waals surface area contributed by atoms with E-state index in [2.05, 4.69) is 32.9 Å². The van der Waals surface area contributed by atoms with Crippen molar-refractivity contribution in [3.8, 4) is 5.75 Å². The smallest absolute Gasteiger partial charge is 0.119 e. The summed E-state index contributed by atoms with van der Waals surface area (Å²) in [6.45, 7) is 8.17. The molecule has 0 radical (unpaired) electrons. The number of phenols is 1. The van der Waals surface area contributed by atoms with E-state index in [1.165, 1.54) is 11.1 Å². The van der Waals surface area contributed by atoms with Crippen LogP contribution in [0.25, 0.3) is 5.57 Å². The Labute approximate surface area is 98.1 Å². The van der Waals surface area contributed by atoms with Crippen LogP contribution < -0.4 is 0 Å². The lowest BCUT2D eigenvalue weighted by Crippen LogP contribution is -1.82. The molecular formula is C15H20O. The molecule has 1 aromatic rings. The molecule has 0 saturated heterocycles. The maximum atomic E-state index is 9.62. The third-order valence-corrected chi connectivity index (χ3v) is 2.61. The molecule has 86 valence electrons. The minimum absolute atomic E-state index is 0.368. The van der Waals surface area contributed by atoms with Crippen molar-refractivity contribution in [2.24, 2.45) is 0 Å². The van der Waals surface area contributed by atoms with E-state index in [9.17, 15) is 5.11 Å². The average molecular weight is 216 g/mol. The lowest BCUT2D eigenvalue weighted by atomic mass is 10.0. The molecule has 0 amide bonds. The highest BCUT2D eigenvalue weighted by atomic mass is 16.3. The summed E-state index contributed by atoms with van der Waals surface area (Å²) in [4.78, 5) is 0. The Kier molecular flexibility index (Phi) is 4.36. The van der Waals surface area contributed by atoms with Crippen molar-refractivity contribution in [2.45, 2.75) is 34.1 Å². The average Bonchev–Trinajstić information content (AvgIpc) is 2.21. The van der Waals surface area contributed by atoms with Crippen molar-refractivity contribution < 1.29 is 5.11 Å². The summed E-state index contributed by atoms with van der Waals surface area (Å²) in [5.41, 5.74) is 4.54. The molecule has 1 rings (SSSR count).